The number of carbonyl (C=O) groups is 1. The summed E-state index contributed by atoms with van der Waals surface area (Å²) in [6.07, 6.45) is 9.79. The summed E-state index contributed by atoms with van der Waals surface area (Å²) in [6, 6.07) is 0.119. The van der Waals surface area contributed by atoms with Gasteiger partial charge in [-0.25, -0.2) is 0 Å². The van der Waals surface area contributed by atoms with Gasteiger partial charge in [0, 0.05) is 13.1 Å². The van der Waals surface area contributed by atoms with Crippen molar-refractivity contribution in [2.24, 2.45) is 0 Å². The van der Waals surface area contributed by atoms with Gasteiger partial charge in [-0.15, -0.1) is 0 Å². The molecule has 1 N–H and O–H groups in total. The lowest BCUT2D eigenvalue weighted by atomic mass is 10.0. The Morgan fingerprint density at radius 2 is 1.62 bits per heavy atom. The third kappa shape index (κ3) is 3.21. The molecule has 2 saturated heterocycles. The number of likely N-dealkylation sites (tertiary alicyclic amines) is 1. The number of nitrogens with zero attached hydrogens (tertiary/aromatic N) is 1. The van der Waals surface area contributed by atoms with Crippen molar-refractivity contribution in [1.82, 2.24) is 10.2 Å². The summed E-state index contributed by atoms with van der Waals surface area (Å²) in [5, 5.41) is 3.36. The van der Waals surface area contributed by atoms with E-state index in [0.717, 1.165) is 26.1 Å². The van der Waals surface area contributed by atoms with Gasteiger partial charge in [0.15, 0.2) is 0 Å². The van der Waals surface area contributed by atoms with Gasteiger partial charge in [-0.05, 0) is 32.2 Å². The standard InChI is InChI=1S/C13H24N2O/c16-13(12-8-4-5-9-14-12)15-10-6-2-1-3-7-11-15/h12,14H,1-11H2/t12-/m0/s1. The predicted octanol–water partition coefficient (Wildman–Crippen LogP) is 1.92. The van der Waals surface area contributed by atoms with Crippen molar-refractivity contribution >= 4 is 5.91 Å². The van der Waals surface area contributed by atoms with Crippen LogP contribution in [-0.2, 0) is 4.79 Å². The summed E-state index contributed by atoms with van der Waals surface area (Å²) in [4.78, 5) is 14.4. The maximum Gasteiger partial charge on any atom is 0.239 e. The van der Waals surface area contributed by atoms with E-state index in [1.807, 2.05) is 0 Å². The van der Waals surface area contributed by atoms with E-state index in [2.05, 4.69) is 10.2 Å². The average molecular weight is 224 g/mol. The van der Waals surface area contributed by atoms with E-state index in [4.69, 9.17) is 0 Å². The van der Waals surface area contributed by atoms with Crippen molar-refractivity contribution < 1.29 is 4.79 Å². The van der Waals surface area contributed by atoms with Crippen LogP contribution in [0.5, 0.6) is 0 Å². The predicted molar refractivity (Wildman–Crippen MR) is 65.3 cm³/mol. The molecular formula is C13H24N2O. The molecule has 92 valence electrons. The highest BCUT2D eigenvalue weighted by molar-refractivity contribution is 5.82. The first-order valence-corrected chi connectivity index (χ1v) is 6.90. The van der Waals surface area contributed by atoms with Crippen LogP contribution in [-0.4, -0.2) is 36.5 Å². The van der Waals surface area contributed by atoms with Crippen molar-refractivity contribution in [1.29, 1.82) is 0 Å². The molecule has 0 bridgehead atoms. The molecule has 2 heterocycles. The van der Waals surface area contributed by atoms with Crippen molar-refractivity contribution in [2.45, 2.75) is 57.4 Å². The Hall–Kier alpha value is -0.570. The first-order valence-electron chi connectivity index (χ1n) is 6.90. The zero-order chi connectivity index (χ0) is 11.2. The van der Waals surface area contributed by atoms with Crippen LogP contribution < -0.4 is 5.32 Å². The second kappa shape index (κ2) is 6.24. The third-order valence-electron chi connectivity index (χ3n) is 3.78. The minimum atomic E-state index is 0.119. The normalized spacial score (nSPS) is 28.2. The first kappa shape index (κ1) is 11.9. The van der Waals surface area contributed by atoms with Crippen LogP contribution >= 0.6 is 0 Å². The van der Waals surface area contributed by atoms with Crippen molar-refractivity contribution in [3.8, 4) is 0 Å². The zero-order valence-corrected chi connectivity index (χ0v) is 10.2. The largest absolute Gasteiger partial charge is 0.341 e. The van der Waals surface area contributed by atoms with E-state index in [1.54, 1.807) is 0 Å². The zero-order valence-electron chi connectivity index (χ0n) is 10.2. The molecule has 2 aliphatic heterocycles. The molecule has 2 fully saturated rings. The number of rotatable bonds is 1. The number of piperidine rings is 1. The van der Waals surface area contributed by atoms with E-state index >= 15 is 0 Å². The molecular weight excluding hydrogens is 200 g/mol. The number of carbonyl (C=O) groups excluding carboxylic acids is 1. The van der Waals surface area contributed by atoms with Crippen LogP contribution in [0.1, 0.15) is 51.4 Å². The molecule has 3 heteroatoms. The first-order chi connectivity index (χ1) is 7.88. The average Bonchev–Trinajstić information content (AvgIpc) is 2.29. The van der Waals surface area contributed by atoms with Gasteiger partial charge in [-0.1, -0.05) is 25.7 Å². The smallest absolute Gasteiger partial charge is 0.239 e. The molecule has 2 aliphatic rings. The van der Waals surface area contributed by atoms with Crippen molar-refractivity contribution in [2.75, 3.05) is 19.6 Å². The van der Waals surface area contributed by atoms with Gasteiger partial charge in [0.2, 0.25) is 5.91 Å². The summed E-state index contributed by atoms with van der Waals surface area (Å²) in [5.41, 5.74) is 0. The third-order valence-corrected chi connectivity index (χ3v) is 3.78. The van der Waals surface area contributed by atoms with E-state index in [9.17, 15) is 4.79 Å². The molecule has 0 aromatic rings. The van der Waals surface area contributed by atoms with E-state index < -0.39 is 0 Å². The topological polar surface area (TPSA) is 32.3 Å². The molecule has 3 nitrogen and oxygen atoms in total. The van der Waals surface area contributed by atoms with Crippen LogP contribution in [0.25, 0.3) is 0 Å². The molecule has 0 aromatic carbocycles. The van der Waals surface area contributed by atoms with E-state index in [-0.39, 0.29) is 6.04 Å². The van der Waals surface area contributed by atoms with Gasteiger partial charge in [-0.2, -0.15) is 0 Å². The Morgan fingerprint density at radius 1 is 0.938 bits per heavy atom. The van der Waals surface area contributed by atoms with E-state index in [0.29, 0.717) is 5.91 Å². The molecule has 2 rings (SSSR count). The second-order valence-corrected chi connectivity index (χ2v) is 5.10. The van der Waals surface area contributed by atoms with Crippen molar-refractivity contribution in [3.63, 3.8) is 0 Å². The molecule has 0 radical (unpaired) electrons. The van der Waals surface area contributed by atoms with Gasteiger partial charge in [0.25, 0.3) is 0 Å². The van der Waals surface area contributed by atoms with Gasteiger partial charge in [-0.3, -0.25) is 4.79 Å². The Bertz CT molecular complexity index is 216. The number of amides is 1. The Labute approximate surface area is 98.6 Å². The molecule has 1 amide bonds. The van der Waals surface area contributed by atoms with Crippen LogP contribution in [0.15, 0.2) is 0 Å². The van der Waals surface area contributed by atoms with Crippen LogP contribution in [0, 0.1) is 0 Å². The maximum atomic E-state index is 12.3. The molecule has 1 atom stereocenters. The van der Waals surface area contributed by atoms with Gasteiger partial charge >= 0.3 is 0 Å². The number of nitrogens with one attached hydrogen (secondary N) is 1. The Balaban J connectivity index is 1.85. The Morgan fingerprint density at radius 3 is 2.25 bits per heavy atom. The lowest BCUT2D eigenvalue weighted by Crippen LogP contribution is -2.49. The van der Waals surface area contributed by atoms with Gasteiger partial charge in [0.05, 0.1) is 6.04 Å². The summed E-state index contributed by atoms with van der Waals surface area (Å²) < 4.78 is 0. The number of hydrogen-bond acceptors (Lipinski definition) is 2. The summed E-state index contributed by atoms with van der Waals surface area (Å²) in [5.74, 6) is 0.363. The highest BCUT2D eigenvalue weighted by Crippen LogP contribution is 2.14. The summed E-state index contributed by atoms with van der Waals surface area (Å²) >= 11 is 0. The highest BCUT2D eigenvalue weighted by Gasteiger charge is 2.25. The lowest BCUT2D eigenvalue weighted by molar-refractivity contribution is -0.134. The highest BCUT2D eigenvalue weighted by atomic mass is 16.2. The molecule has 0 aliphatic carbocycles. The van der Waals surface area contributed by atoms with Crippen LogP contribution in [0.3, 0.4) is 0 Å². The summed E-state index contributed by atoms with van der Waals surface area (Å²) in [6.45, 7) is 2.98. The minimum Gasteiger partial charge on any atom is -0.341 e. The summed E-state index contributed by atoms with van der Waals surface area (Å²) in [7, 11) is 0. The molecule has 0 aromatic heterocycles. The molecule has 0 spiro atoms. The molecule has 0 saturated carbocycles. The van der Waals surface area contributed by atoms with Gasteiger partial charge in [0.1, 0.15) is 0 Å². The maximum absolute atomic E-state index is 12.3. The van der Waals surface area contributed by atoms with Gasteiger partial charge < -0.3 is 10.2 Å². The fourth-order valence-electron chi connectivity index (χ4n) is 2.75. The monoisotopic (exact) mass is 224 g/mol. The van der Waals surface area contributed by atoms with Crippen LogP contribution in [0.4, 0.5) is 0 Å². The fraction of sp³-hybridized carbons (Fsp3) is 0.923. The quantitative estimate of drug-likeness (QED) is 0.738. The van der Waals surface area contributed by atoms with Crippen molar-refractivity contribution in [3.05, 3.63) is 0 Å². The number of hydrogen-bond donors (Lipinski definition) is 1. The van der Waals surface area contributed by atoms with Crippen LogP contribution in [0.2, 0.25) is 0 Å². The SMILES string of the molecule is O=C([C@@H]1CCCCN1)N1CCCCCCC1. The molecule has 0 unspecified atom stereocenters. The lowest BCUT2D eigenvalue weighted by Gasteiger charge is -2.31. The minimum absolute atomic E-state index is 0.119. The second-order valence-electron chi connectivity index (χ2n) is 5.10. The molecule has 16 heavy (non-hydrogen) atoms. The Kier molecular flexibility index (Phi) is 4.64. The van der Waals surface area contributed by atoms with E-state index in [1.165, 1.54) is 44.9 Å². The fourth-order valence-corrected chi connectivity index (χ4v) is 2.75.